The van der Waals surface area contributed by atoms with Gasteiger partial charge in [0.05, 0.1) is 13.5 Å². The Hall–Kier alpha value is -3.59. The lowest BCUT2D eigenvalue weighted by Gasteiger charge is -2.28. The Morgan fingerprint density at radius 2 is 2.11 bits per heavy atom. The molecule has 6 nitrogen and oxygen atoms in total. The summed E-state index contributed by atoms with van der Waals surface area (Å²) in [6.07, 6.45) is 3.66. The van der Waals surface area contributed by atoms with E-state index in [9.17, 15) is 0 Å². The van der Waals surface area contributed by atoms with Gasteiger partial charge in [0.2, 0.25) is 5.95 Å². The van der Waals surface area contributed by atoms with E-state index in [1.54, 1.807) is 13.3 Å². The van der Waals surface area contributed by atoms with Gasteiger partial charge in [-0.15, -0.1) is 0 Å². The summed E-state index contributed by atoms with van der Waals surface area (Å²) in [7, 11) is 1.63. The molecule has 28 heavy (non-hydrogen) atoms. The van der Waals surface area contributed by atoms with Crippen LogP contribution in [0.3, 0.4) is 0 Å². The van der Waals surface area contributed by atoms with Crippen LogP contribution in [0.1, 0.15) is 23.2 Å². The molecule has 0 radical (unpaired) electrons. The molecule has 1 aliphatic carbocycles. The fourth-order valence-electron chi connectivity index (χ4n) is 4.29. The standard InChI is InChI=1S/C22H18N4O2/c1-24-22(10-9-16-13(11-22)12-25-21(23)26-16)15-7-8-18(27-2)20-19(15)14-5-3-4-6-17(14)28-20/h3-8,12H,9-11H2,2H3,(H2,23,25,26). The van der Waals surface area contributed by atoms with Crippen LogP contribution in [0.2, 0.25) is 0 Å². The predicted octanol–water partition coefficient (Wildman–Crippen LogP) is 4.27. The normalized spacial score (nSPS) is 18.7. The number of aromatic nitrogens is 2. The van der Waals surface area contributed by atoms with Crippen LogP contribution < -0.4 is 10.5 Å². The number of anilines is 1. The zero-order valence-corrected chi connectivity index (χ0v) is 15.4. The number of nitrogens with two attached hydrogens (primary N) is 1. The highest BCUT2D eigenvalue weighted by Crippen LogP contribution is 2.46. The van der Waals surface area contributed by atoms with Crippen molar-refractivity contribution in [1.82, 2.24) is 9.97 Å². The lowest BCUT2D eigenvalue weighted by molar-refractivity contribution is 0.410. The number of furan rings is 1. The number of methoxy groups -OCH3 is 1. The van der Waals surface area contributed by atoms with Crippen molar-refractivity contribution in [3.63, 3.8) is 0 Å². The van der Waals surface area contributed by atoms with Gasteiger partial charge in [-0.05, 0) is 24.6 Å². The number of para-hydroxylation sites is 1. The Balaban J connectivity index is 1.78. The quantitative estimate of drug-likeness (QED) is 0.533. The van der Waals surface area contributed by atoms with Gasteiger partial charge in [-0.25, -0.2) is 16.5 Å². The number of hydrogen-bond acceptors (Lipinski definition) is 5. The van der Waals surface area contributed by atoms with E-state index in [1.165, 1.54) is 0 Å². The minimum Gasteiger partial charge on any atom is -0.493 e. The maximum Gasteiger partial charge on any atom is 0.262 e. The fraction of sp³-hybridized carbons (Fsp3) is 0.227. The van der Waals surface area contributed by atoms with E-state index in [4.69, 9.17) is 21.5 Å². The van der Waals surface area contributed by atoms with Crippen molar-refractivity contribution in [3.05, 3.63) is 70.8 Å². The SMILES string of the molecule is [C-]#[N+]C1(c2ccc(OC)c3oc4ccccc4c23)CCc2nc(N)ncc2C1. The van der Waals surface area contributed by atoms with E-state index in [2.05, 4.69) is 14.8 Å². The molecule has 6 heteroatoms. The molecule has 0 amide bonds. The number of aryl methyl sites for hydroxylation is 1. The lowest BCUT2D eigenvalue weighted by atomic mass is 9.75. The van der Waals surface area contributed by atoms with Crippen LogP contribution in [0, 0.1) is 6.57 Å². The third kappa shape index (κ3) is 2.26. The number of nitrogen functional groups attached to an aromatic ring is 1. The Morgan fingerprint density at radius 1 is 1.25 bits per heavy atom. The molecule has 0 bridgehead atoms. The molecule has 138 valence electrons. The minimum absolute atomic E-state index is 0.279. The van der Waals surface area contributed by atoms with E-state index in [-0.39, 0.29) is 5.95 Å². The first kappa shape index (κ1) is 16.6. The summed E-state index contributed by atoms with van der Waals surface area (Å²) < 4.78 is 11.6. The topological polar surface area (TPSA) is 78.5 Å². The van der Waals surface area contributed by atoms with Crippen molar-refractivity contribution in [2.75, 3.05) is 12.8 Å². The van der Waals surface area contributed by atoms with Crippen LogP contribution >= 0.6 is 0 Å². The molecule has 2 N–H and O–H groups in total. The number of benzene rings is 2. The van der Waals surface area contributed by atoms with Gasteiger partial charge < -0.3 is 19.7 Å². The summed E-state index contributed by atoms with van der Waals surface area (Å²) in [5.74, 6) is 0.948. The highest BCUT2D eigenvalue weighted by Gasteiger charge is 2.45. The summed E-state index contributed by atoms with van der Waals surface area (Å²) in [5, 5.41) is 1.94. The van der Waals surface area contributed by atoms with Crippen LogP contribution in [-0.2, 0) is 18.4 Å². The number of rotatable bonds is 2. The number of fused-ring (bicyclic) bond motifs is 4. The summed E-state index contributed by atoms with van der Waals surface area (Å²) >= 11 is 0. The Labute approximate surface area is 161 Å². The molecule has 1 unspecified atom stereocenters. The maximum absolute atomic E-state index is 8.10. The molecule has 0 saturated heterocycles. The Bertz CT molecular complexity index is 1270. The highest BCUT2D eigenvalue weighted by molar-refractivity contribution is 6.09. The summed E-state index contributed by atoms with van der Waals surface area (Å²) in [5.41, 5.74) is 9.39. The monoisotopic (exact) mass is 370 g/mol. The van der Waals surface area contributed by atoms with Crippen molar-refractivity contribution in [3.8, 4) is 5.75 Å². The molecule has 2 aromatic heterocycles. The third-order valence-corrected chi connectivity index (χ3v) is 5.66. The zero-order chi connectivity index (χ0) is 19.3. The second-order valence-electron chi connectivity index (χ2n) is 7.14. The lowest BCUT2D eigenvalue weighted by Crippen LogP contribution is -2.31. The van der Waals surface area contributed by atoms with Crippen LogP contribution in [0.4, 0.5) is 5.95 Å². The van der Waals surface area contributed by atoms with Crippen molar-refractivity contribution in [1.29, 1.82) is 0 Å². The average molecular weight is 370 g/mol. The summed E-state index contributed by atoms with van der Waals surface area (Å²) in [4.78, 5) is 12.6. The van der Waals surface area contributed by atoms with Crippen molar-refractivity contribution < 1.29 is 9.15 Å². The average Bonchev–Trinajstić information content (AvgIpc) is 3.12. The molecule has 1 atom stereocenters. The molecule has 5 rings (SSSR count). The number of nitrogens with zero attached hydrogens (tertiary/aromatic N) is 3. The largest absolute Gasteiger partial charge is 0.493 e. The van der Waals surface area contributed by atoms with E-state index in [0.717, 1.165) is 33.2 Å². The van der Waals surface area contributed by atoms with Crippen molar-refractivity contribution in [2.24, 2.45) is 0 Å². The maximum atomic E-state index is 8.10. The molecule has 4 aromatic rings. The van der Waals surface area contributed by atoms with Gasteiger partial charge in [0.1, 0.15) is 5.58 Å². The second-order valence-corrected chi connectivity index (χ2v) is 7.14. The Morgan fingerprint density at radius 3 is 2.93 bits per heavy atom. The van der Waals surface area contributed by atoms with E-state index in [1.807, 2.05) is 36.4 Å². The van der Waals surface area contributed by atoms with Crippen LogP contribution in [0.25, 0.3) is 26.8 Å². The molecule has 1 aliphatic rings. The number of hydrogen-bond donors (Lipinski definition) is 1. The van der Waals surface area contributed by atoms with Gasteiger partial charge in [-0.2, -0.15) is 0 Å². The van der Waals surface area contributed by atoms with E-state index < -0.39 is 5.54 Å². The van der Waals surface area contributed by atoms with Crippen molar-refractivity contribution in [2.45, 2.75) is 24.8 Å². The molecule has 2 aromatic carbocycles. The number of ether oxygens (including phenoxy) is 1. The molecule has 0 fully saturated rings. The summed E-state index contributed by atoms with van der Waals surface area (Å²) in [6.45, 7) is 8.10. The van der Waals surface area contributed by atoms with Gasteiger partial charge in [0.15, 0.2) is 11.3 Å². The van der Waals surface area contributed by atoms with Gasteiger partial charge in [0, 0.05) is 40.2 Å². The predicted molar refractivity (Wildman–Crippen MR) is 107 cm³/mol. The first-order chi connectivity index (χ1) is 13.6. The van der Waals surface area contributed by atoms with E-state index in [0.29, 0.717) is 30.6 Å². The zero-order valence-electron chi connectivity index (χ0n) is 15.4. The first-order valence-electron chi connectivity index (χ1n) is 9.13. The first-order valence-corrected chi connectivity index (χ1v) is 9.13. The highest BCUT2D eigenvalue weighted by atomic mass is 16.5. The molecule has 2 heterocycles. The smallest absolute Gasteiger partial charge is 0.262 e. The molecular formula is C22H18N4O2. The molecule has 0 spiro atoms. The third-order valence-electron chi connectivity index (χ3n) is 5.66. The fourth-order valence-corrected chi connectivity index (χ4v) is 4.29. The molecule has 0 saturated carbocycles. The van der Waals surface area contributed by atoms with Gasteiger partial charge in [-0.1, -0.05) is 18.2 Å². The van der Waals surface area contributed by atoms with Gasteiger partial charge in [0.25, 0.3) is 5.54 Å². The molecular weight excluding hydrogens is 352 g/mol. The minimum atomic E-state index is -0.705. The van der Waals surface area contributed by atoms with Crippen LogP contribution in [0.15, 0.2) is 47.0 Å². The van der Waals surface area contributed by atoms with Crippen molar-refractivity contribution >= 4 is 27.9 Å². The van der Waals surface area contributed by atoms with Gasteiger partial charge in [-0.3, -0.25) is 0 Å². The van der Waals surface area contributed by atoms with E-state index >= 15 is 0 Å². The Kier molecular flexibility index (Phi) is 3.53. The summed E-state index contributed by atoms with van der Waals surface area (Å²) in [6, 6.07) is 11.8. The second kappa shape index (κ2) is 5.96. The molecule has 0 aliphatic heterocycles. The van der Waals surface area contributed by atoms with Gasteiger partial charge >= 0.3 is 0 Å². The van der Waals surface area contributed by atoms with Crippen LogP contribution in [0.5, 0.6) is 5.75 Å². The van der Waals surface area contributed by atoms with Crippen LogP contribution in [-0.4, -0.2) is 17.1 Å².